The van der Waals surface area contributed by atoms with Crippen molar-refractivity contribution in [2.75, 3.05) is 19.4 Å². The number of likely N-dealkylation sites (tertiary alicyclic amines) is 1. The van der Waals surface area contributed by atoms with Crippen LogP contribution in [-0.4, -0.2) is 42.1 Å². The van der Waals surface area contributed by atoms with E-state index < -0.39 is 5.60 Å². The van der Waals surface area contributed by atoms with E-state index in [0.717, 1.165) is 22.8 Å². The zero-order chi connectivity index (χ0) is 23.6. The Morgan fingerprint density at radius 1 is 1.19 bits per heavy atom. The van der Waals surface area contributed by atoms with Gasteiger partial charge in [0.2, 0.25) is 0 Å². The Labute approximate surface area is 200 Å². The fraction of sp³-hybridized carbons (Fsp3) is 0.667. The lowest BCUT2D eigenvalue weighted by atomic mass is 9.75. The third-order valence-electron chi connectivity index (χ3n) is 5.74. The van der Waals surface area contributed by atoms with Crippen LogP contribution in [-0.2, 0) is 4.74 Å². The normalized spacial score (nSPS) is 19.8. The average molecular weight is 544 g/mol. The monoisotopic (exact) mass is 544 g/mol. The Bertz CT molecular complexity index is 811. The van der Waals surface area contributed by atoms with Gasteiger partial charge in [-0.15, -0.1) is 0 Å². The van der Waals surface area contributed by atoms with Gasteiger partial charge in [0.25, 0.3) is 0 Å². The molecule has 0 spiro atoms. The molecule has 1 amide bonds. The highest BCUT2D eigenvalue weighted by molar-refractivity contribution is 14.1. The number of hydrogen-bond donors (Lipinski definition) is 1. The number of methoxy groups -OCH3 is 1. The largest absolute Gasteiger partial charge is 0.496 e. The quantitative estimate of drug-likeness (QED) is 0.283. The van der Waals surface area contributed by atoms with Gasteiger partial charge in [0.15, 0.2) is 5.78 Å². The van der Waals surface area contributed by atoms with Crippen LogP contribution in [0, 0.1) is 14.9 Å². The van der Waals surface area contributed by atoms with E-state index in [0.29, 0.717) is 35.9 Å². The van der Waals surface area contributed by atoms with Crippen molar-refractivity contribution in [3.63, 3.8) is 0 Å². The van der Waals surface area contributed by atoms with Crippen LogP contribution in [0.25, 0.3) is 0 Å². The van der Waals surface area contributed by atoms with Gasteiger partial charge in [-0.2, -0.15) is 0 Å². The van der Waals surface area contributed by atoms with Crippen LogP contribution in [0.5, 0.6) is 5.75 Å². The number of benzene rings is 1. The lowest BCUT2D eigenvalue weighted by Gasteiger charge is -2.46. The summed E-state index contributed by atoms with van der Waals surface area (Å²) < 4.78 is 11.9. The second-order valence-electron chi connectivity index (χ2n) is 10.5. The summed E-state index contributed by atoms with van der Waals surface area (Å²) in [4.78, 5) is 27.6. The molecule has 174 valence electrons. The van der Waals surface area contributed by atoms with E-state index in [2.05, 4.69) is 43.4 Å². The summed E-state index contributed by atoms with van der Waals surface area (Å²) in [6, 6.07) is 3.59. The first kappa shape index (κ1) is 25.7. The van der Waals surface area contributed by atoms with E-state index in [1.165, 1.54) is 0 Å². The highest BCUT2D eigenvalue weighted by atomic mass is 127. The molecule has 1 aromatic carbocycles. The van der Waals surface area contributed by atoms with Gasteiger partial charge in [0.1, 0.15) is 11.4 Å². The molecule has 1 aliphatic rings. The molecule has 1 saturated heterocycles. The van der Waals surface area contributed by atoms with Crippen molar-refractivity contribution in [2.45, 2.75) is 78.9 Å². The number of hydrogen-bond acceptors (Lipinski definition) is 5. The maximum Gasteiger partial charge on any atom is 0.410 e. The molecule has 0 radical (unpaired) electrons. The Morgan fingerprint density at radius 3 is 2.39 bits per heavy atom. The molecule has 2 atom stereocenters. The van der Waals surface area contributed by atoms with Crippen LogP contribution in [0.15, 0.2) is 12.1 Å². The summed E-state index contributed by atoms with van der Waals surface area (Å²) in [5, 5.41) is 0. The predicted molar refractivity (Wildman–Crippen MR) is 133 cm³/mol. The standard InChI is InChI=1S/C24H37IN2O4/c1-23(2,3)21-12-15(10-11-27(21)22(29)31-24(4,5)6)8-9-19(28)16-13-17(25)18(26)14-20(16)30-7/h13-15,21H,8-12,26H2,1-7H3. The van der Waals surface area contributed by atoms with Crippen molar-refractivity contribution < 1.29 is 19.1 Å². The molecule has 31 heavy (non-hydrogen) atoms. The van der Waals surface area contributed by atoms with E-state index >= 15 is 0 Å². The molecule has 1 fully saturated rings. The number of amides is 1. The number of carbonyl (C=O) groups is 2. The molecule has 0 bridgehead atoms. The summed E-state index contributed by atoms with van der Waals surface area (Å²) in [6.45, 7) is 12.8. The van der Waals surface area contributed by atoms with Gasteiger partial charge in [-0.1, -0.05) is 20.8 Å². The molecule has 1 aromatic rings. The Morgan fingerprint density at radius 2 is 1.84 bits per heavy atom. The molecule has 1 aliphatic heterocycles. The van der Waals surface area contributed by atoms with E-state index in [4.69, 9.17) is 15.2 Å². The Hall–Kier alpha value is -1.51. The number of ether oxygens (including phenoxy) is 2. The smallest absolute Gasteiger partial charge is 0.410 e. The topological polar surface area (TPSA) is 81.9 Å². The number of piperidine rings is 1. The van der Waals surface area contributed by atoms with Gasteiger partial charge in [-0.25, -0.2) is 4.79 Å². The van der Waals surface area contributed by atoms with E-state index in [1.54, 1.807) is 19.2 Å². The van der Waals surface area contributed by atoms with Gasteiger partial charge in [-0.05, 0) is 80.0 Å². The molecular formula is C24H37IN2O4. The second kappa shape index (κ2) is 9.96. The molecule has 0 aromatic heterocycles. The number of nitrogens with two attached hydrogens (primary N) is 1. The highest BCUT2D eigenvalue weighted by Crippen LogP contribution is 2.37. The number of rotatable bonds is 5. The number of ketones is 1. The predicted octanol–water partition coefficient (Wildman–Crippen LogP) is 5.91. The van der Waals surface area contributed by atoms with E-state index in [1.807, 2.05) is 25.7 Å². The van der Waals surface area contributed by atoms with Crippen LogP contribution in [0.2, 0.25) is 0 Å². The number of nitrogens with zero attached hydrogens (tertiary/aromatic N) is 1. The maximum absolute atomic E-state index is 12.9. The lowest BCUT2D eigenvalue weighted by molar-refractivity contribution is -0.0159. The Kier molecular flexibility index (Phi) is 8.27. The first-order valence-corrected chi connectivity index (χ1v) is 12.0. The zero-order valence-corrected chi connectivity index (χ0v) is 22.0. The molecule has 2 N–H and O–H groups in total. The summed E-state index contributed by atoms with van der Waals surface area (Å²) in [5.41, 5.74) is 6.55. The zero-order valence-electron chi connectivity index (χ0n) is 19.9. The Balaban J connectivity index is 2.07. The molecule has 0 aliphatic carbocycles. The average Bonchev–Trinajstić information content (AvgIpc) is 2.65. The number of halogens is 1. The van der Waals surface area contributed by atoms with Crippen molar-refractivity contribution >= 4 is 40.2 Å². The summed E-state index contributed by atoms with van der Waals surface area (Å²) in [7, 11) is 1.55. The molecule has 0 saturated carbocycles. The van der Waals surface area contributed by atoms with E-state index in [-0.39, 0.29) is 23.3 Å². The summed E-state index contributed by atoms with van der Waals surface area (Å²) in [5.74, 6) is 0.970. The molecular weight excluding hydrogens is 507 g/mol. The first-order chi connectivity index (χ1) is 14.2. The van der Waals surface area contributed by atoms with Crippen molar-refractivity contribution in [1.29, 1.82) is 0 Å². The molecule has 6 nitrogen and oxygen atoms in total. The van der Waals surface area contributed by atoms with Gasteiger partial charge in [0, 0.05) is 34.3 Å². The van der Waals surface area contributed by atoms with Crippen LogP contribution in [0.3, 0.4) is 0 Å². The number of nitrogen functional groups attached to an aromatic ring is 1. The van der Waals surface area contributed by atoms with Crippen LogP contribution >= 0.6 is 22.6 Å². The summed E-state index contributed by atoms with van der Waals surface area (Å²) in [6.07, 6.45) is 2.73. The number of Topliss-reactive ketones (excluding diaryl/α,β-unsaturated/α-hetero) is 1. The maximum atomic E-state index is 12.9. The van der Waals surface area contributed by atoms with Gasteiger partial charge in [-0.3, -0.25) is 4.79 Å². The molecule has 1 heterocycles. The van der Waals surface area contributed by atoms with Gasteiger partial charge in [0.05, 0.1) is 12.7 Å². The highest BCUT2D eigenvalue weighted by Gasteiger charge is 2.40. The van der Waals surface area contributed by atoms with Crippen molar-refractivity contribution in [1.82, 2.24) is 4.90 Å². The summed E-state index contributed by atoms with van der Waals surface area (Å²) >= 11 is 2.13. The first-order valence-electron chi connectivity index (χ1n) is 10.9. The van der Waals surface area contributed by atoms with Crippen LogP contribution in [0.4, 0.5) is 10.5 Å². The fourth-order valence-corrected chi connectivity index (χ4v) is 4.55. The minimum Gasteiger partial charge on any atom is -0.496 e. The van der Waals surface area contributed by atoms with Gasteiger partial charge < -0.3 is 20.1 Å². The number of carbonyl (C=O) groups excluding carboxylic acids is 2. The third-order valence-corrected chi connectivity index (χ3v) is 6.67. The second-order valence-corrected chi connectivity index (χ2v) is 11.6. The van der Waals surface area contributed by atoms with Crippen molar-refractivity contribution in [3.8, 4) is 5.75 Å². The molecule has 2 unspecified atom stereocenters. The minimum absolute atomic E-state index is 0.0663. The minimum atomic E-state index is -0.515. The fourth-order valence-electron chi connectivity index (χ4n) is 4.09. The van der Waals surface area contributed by atoms with Gasteiger partial charge >= 0.3 is 6.09 Å². The molecule has 7 heteroatoms. The third kappa shape index (κ3) is 6.99. The van der Waals surface area contributed by atoms with Crippen molar-refractivity contribution in [3.05, 3.63) is 21.3 Å². The van der Waals surface area contributed by atoms with Crippen molar-refractivity contribution in [2.24, 2.45) is 11.3 Å². The lowest BCUT2D eigenvalue weighted by Crippen LogP contribution is -2.53. The van der Waals surface area contributed by atoms with E-state index in [9.17, 15) is 9.59 Å². The van der Waals surface area contributed by atoms with Crippen LogP contribution in [0.1, 0.15) is 77.6 Å². The molecule has 2 rings (SSSR count). The van der Waals surface area contributed by atoms with Crippen LogP contribution < -0.4 is 10.5 Å². The number of anilines is 1. The SMILES string of the molecule is COc1cc(N)c(I)cc1C(=O)CCC1CCN(C(=O)OC(C)(C)C)C(C(C)(C)C)C1.